The molecule has 0 heterocycles. The highest BCUT2D eigenvalue weighted by molar-refractivity contribution is 5.97. The lowest BCUT2D eigenvalue weighted by atomic mass is 10.0. The average molecular weight is 266 g/mol. The van der Waals surface area contributed by atoms with Crippen LogP contribution < -0.4 is 10.6 Å². The molecule has 1 unspecified atom stereocenters. The van der Waals surface area contributed by atoms with Crippen LogP contribution in [0.15, 0.2) is 18.2 Å². The number of carbonyl (C=O) groups is 2. The van der Waals surface area contributed by atoms with Gasteiger partial charge in [-0.15, -0.1) is 0 Å². The summed E-state index contributed by atoms with van der Waals surface area (Å²) in [7, 11) is 0. The van der Waals surface area contributed by atoms with Crippen molar-refractivity contribution < 1.29 is 14.0 Å². The lowest BCUT2D eigenvalue weighted by molar-refractivity contribution is -0.126. The fourth-order valence-electron chi connectivity index (χ4n) is 1.69. The topological polar surface area (TPSA) is 58.2 Å². The number of carbonyl (C=O) groups excluding carboxylic acids is 2. The molecule has 1 aromatic carbocycles. The standard InChI is InChI=1S/C14H19FN2O2/c1-8(2)13(16-10(4)18)14(19)17-12-7-11(15)6-5-9(12)3/h5-8,13H,1-4H3,(H,16,18)(H,17,19). The first-order valence-electron chi connectivity index (χ1n) is 6.15. The number of benzene rings is 1. The van der Waals surface area contributed by atoms with E-state index in [1.54, 1.807) is 13.0 Å². The fraction of sp³-hybridized carbons (Fsp3) is 0.429. The van der Waals surface area contributed by atoms with Crippen molar-refractivity contribution in [1.82, 2.24) is 5.32 Å². The van der Waals surface area contributed by atoms with Crippen LogP contribution >= 0.6 is 0 Å². The summed E-state index contributed by atoms with van der Waals surface area (Å²) in [6.45, 7) is 6.80. The number of halogens is 1. The molecule has 0 aromatic heterocycles. The Balaban J connectivity index is 2.87. The smallest absolute Gasteiger partial charge is 0.247 e. The van der Waals surface area contributed by atoms with Crippen LogP contribution in [0.4, 0.5) is 10.1 Å². The predicted molar refractivity (Wildman–Crippen MR) is 72.2 cm³/mol. The second-order valence-corrected chi connectivity index (χ2v) is 4.87. The zero-order chi connectivity index (χ0) is 14.6. The summed E-state index contributed by atoms with van der Waals surface area (Å²) in [5.74, 6) is -1.09. The molecular weight excluding hydrogens is 247 g/mol. The van der Waals surface area contributed by atoms with Gasteiger partial charge >= 0.3 is 0 Å². The summed E-state index contributed by atoms with van der Waals surface area (Å²) in [6, 6.07) is 3.55. The number of hydrogen-bond donors (Lipinski definition) is 2. The van der Waals surface area contributed by atoms with Gasteiger partial charge in [0, 0.05) is 12.6 Å². The van der Waals surface area contributed by atoms with E-state index in [1.807, 2.05) is 13.8 Å². The molecule has 1 atom stereocenters. The maximum Gasteiger partial charge on any atom is 0.247 e. The first-order chi connectivity index (χ1) is 8.81. The number of aryl methyl sites for hydroxylation is 1. The Morgan fingerprint density at radius 3 is 2.42 bits per heavy atom. The summed E-state index contributed by atoms with van der Waals surface area (Å²) in [4.78, 5) is 23.2. The van der Waals surface area contributed by atoms with Crippen molar-refractivity contribution in [3.63, 3.8) is 0 Å². The molecule has 0 saturated carbocycles. The van der Waals surface area contributed by atoms with E-state index in [-0.39, 0.29) is 17.7 Å². The third-order valence-electron chi connectivity index (χ3n) is 2.77. The molecule has 0 aliphatic rings. The maximum atomic E-state index is 13.1. The van der Waals surface area contributed by atoms with Crippen LogP contribution in [-0.4, -0.2) is 17.9 Å². The Bertz CT molecular complexity index is 486. The molecule has 5 heteroatoms. The van der Waals surface area contributed by atoms with Crippen molar-refractivity contribution in [2.24, 2.45) is 5.92 Å². The van der Waals surface area contributed by atoms with Crippen LogP contribution in [0, 0.1) is 18.7 Å². The molecule has 2 N–H and O–H groups in total. The lowest BCUT2D eigenvalue weighted by Crippen LogP contribution is -2.46. The van der Waals surface area contributed by atoms with Gasteiger partial charge in [-0.2, -0.15) is 0 Å². The predicted octanol–water partition coefficient (Wildman–Crippen LogP) is 2.23. The van der Waals surface area contributed by atoms with Crippen LogP contribution in [0.1, 0.15) is 26.3 Å². The van der Waals surface area contributed by atoms with E-state index in [9.17, 15) is 14.0 Å². The van der Waals surface area contributed by atoms with Gasteiger partial charge in [0.05, 0.1) is 0 Å². The Morgan fingerprint density at radius 1 is 1.26 bits per heavy atom. The van der Waals surface area contributed by atoms with Crippen LogP contribution in [0.25, 0.3) is 0 Å². The summed E-state index contributed by atoms with van der Waals surface area (Å²) in [5, 5.41) is 5.23. The van der Waals surface area contributed by atoms with E-state index in [2.05, 4.69) is 10.6 Å². The molecule has 2 amide bonds. The van der Waals surface area contributed by atoms with E-state index < -0.39 is 11.9 Å². The molecule has 0 aliphatic carbocycles. The Labute approximate surface area is 112 Å². The third kappa shape index (κ3) is 4.35. The molecule has 4 nitrogen and oxygen atoms in total. The van der Waals surface area contributed by atoms with E-state index in [0.717, 1.165) is 5.56 Å². The number of hydrogen-bond acceptors (Lipinski definition) is 2. The number of anilines is 1. The number of rotatable bonds is 4. The van der Waals surface area contributed by atoms with Crippen molar-refractivity contribution in [3.8, 4) is 0 Å². The van der Waals surface area contributed by atoms with Crippen molar-refractivity contribution in [1.29, 1.82) is 0 Å². The molecule has 0 saturated heterocycles. The average Bonchev–Trinajstić information content (AvgIpc) is 2.30. The number of amides is 2. The maximum absolute atomic E-state index is 13.1. The van der Waals surface area contributed by atoms with Gasteiger partial charge in [0.15, 0.2) is 0 Å². The van der Waals surface area contributed by atoms with Gasteiger partial charge in [-0.25, -0.2) is 4.39 Å². The molecule has 0 aliphatic heterocycles. The van der Waals surface area contributed by atoms with E-state index in [0.29, 0.717) is 5.69 Å². The van der Waals surface area contributed by atoms with Gasteiger partial charge in [0.1, 0.15) is 11.9 Å². The first-order valence-corrected chi connectivity index (χ1v) is 6.15. The Morgan fingerprint density at radius 2 is 1.89 bits per heavy atom. The summed E-state index contributed by atoms with van der Waals surface area (Å²) in [6.07, 6.45) is 0. The molecule has 19 heavy (non-hydrogen) atoms. The SMILES string of the molecule is CC(=O)NC(C(=O)Nc1cc(F)ccc1C)C(C)C. The highest BCUT2D eigenvalue weighted by Gasteiger charge is 2.23. The van der Waals surface area contributed by atoms with Crippen LogP contribution in [0.3, 0.4) is 0 Å². The summed E-state index contributed by atoms with van der Waals surface area (Å²) < 4.78 is 13.1. The van der Waals surface area contributed by atoms with Gasteiger partial charge < -0.3 is 10.6 Å². The van der Waals surface area contributed by atoms with Gasteiger partial charge in [0.2, 0.25) is 11.8 Å². The van der Waals surface area contributed by atoms with Crippen LogP contribution in [0.2, 0.25) is 0 Å². The Kier molecular flexibility index (Phi) is 5.03. The van der Waals surface area contributed by atoms with E-state index >= 15 is 0 Å². The lowest BCUT2D eigenvalue weighted by Gasteiger charge is -2.21. The van der Waals surface area contributed by atoms with Crippen LogP contribution in [-0.2, 0) is 9.59 Å². The molecule has 0 spiro atoms. The van der Waals surface area contributed by atoms with Gasteiger partial charge in [-0.3, -0.25) is 9.59 Å². The van der Waals surface area contributed by atoms with E-state index in [4.69, 9.17) is 0 Å². The van der Waals surface area contributed by atoms with Crippen molar-refractivity contribution in [3.05, 3.63) is 29.6 Å². The van der Waals surface area contributed by atoms with E-state index in [1.165, 1.54) is 19.1 Å². The molecule has 0 fully saturated rings. The fourth-order valence-corrected chi connectivity index (χ4v) is 1.69. The van der Waals surface area contributed by atoms with Gasteiger partial charge in [-0.1, -0.05) is 19.9 Å². The first kappa shape index (κ1) is 15.1. The normalized spacial score (nSPS) is 12.1. The zero-order valence-corrected chi connectivity index (χ0v) is 11.6. The molecular formula is C14H19FN2O2. The largest absolute Gasteiger partial charge is 0.344 e. The zero-order valence-electron chi connectivity index (χ0n) is 11.6. The highest BCUT2D eigenvalue weighted by Crippen LogP contribution is 2.17. The second kappa shape index (κ2) is 6.31. The highest BCUT2D eigenvalue weighted by atomic mass is 19.1. The molecule has 1 aromatic rings. The minimum absolute atomic E-state index is 0.0576. The Hall–Kier alpha value is -1.91. The van der Waals surface area contributed by atoms with Crippen molar-refractivity contribution in [2.75, 3.05) is 5.32 Å². The monoisotopic (exact) mass is 266 g/mol. The molecule has 104 valence electrons. The van der Waals surface area contributed by atoms with Crippen LogP contribution in [0.5, 0.6) is 0 Å². The summed E-state index contributed by atoms with van der Waals surface area (Å²) in [5.41, 5.74) is 1.18. The van der Waals surface area contributed by atoms with Crippen molar-refractivity contribution in [2.45, 2.75) is 33.7 Å². The molecule has 0 radical (unpaired) electrons. The second-order valence-electron chi connectivity index (χ2n) is 4.87. The summed E-state index contributed by atoms with van der Waals surface area (Å²) >= 11 is 0. The molecule has 0 bridgehead atoms. The van der Waals surface area contributed by atoms with Gasteiger partial charge in [0.25, 0.3) is 0 Å². The number of nitrogens with one attached hydrogen (secondary N) is 2. The minimum atomic E-state index is -0.639. The van der Waals surface area contributed by atoms with Crippen molar-refractivity contribution >= 4 is 17.5 Å². The molecule has 1 rings (SSSR count). The van der Waals surface area contributed by atoms with Gasteiger partial charge in [-0.05, 0) is 30.5 Å². The third-order valence-corrected chi connectivity index (χ3v) is 2.77. The quantitative estimate of drug-likeness (QED) is 0.878. The minimum Gasteiger partial charge on any atom is -0.344 e.